The van der Waals surface area contributed by atoms with Gasteiger partial charge in [-0.15, -0.1) is 0 Å². The Balaban J connectivity index is 3.58. The molecule has 0 aliphatic carbocycles. The van der Waals surface area contributed by atoms with E-state index in [9.17, 15) is 9.59 Å². The quantitative estimate of drug-likeness (QED) is 0.331. The number of carbonyl (C=O) groups excluding carboxylic acids is 2. The first-order chi connectivity index (χ1) is 4.66. The minimum atomic E-state index is -0.335. The average molecular weight is 142 g/mol. The van der Waals surface area contributed by atoms with Crippen LogP contribution in [0.1, 0.15) is 13.8 Å². The minimum absolute atomic E-state index is 0.202. The molecule has 0 aromatic carbocycles. The van der Waals surface area contributed by atoms with E-state index in [0.29, 0.717) is 6.29 Å². The van der Waals surface area contributed by atoms with Gasteiger partial charge in [-0.25, -0.2) is 0 Å². The van der Waals surface area contributed by atoms with Crippen molar-refractivity contribution in [3.8, 4) is 0 Å². The maximum absolute atomic E-state index is 10.2. The van der Waals surface area contributed by atoms with Gasteiger partial charge in [0.15, 0.2) is 0 Å². The number of rotatable bonds is 3. The third-order valence-corrected chi connectivity index (χ3v) is 0.856. The Kier molecular flexibility index (Phi) is 4.20. The van der Waals surface area contributed by atoms with Crippen LogP contribution in [0, 0.1) is 0 Å². The van der Waals surface area contributed by atoms with Crippen molar-refractivity contribution < 1.29 is 14.3 Å². The zero-order chi connectivity index (χ0) is 7.98. The van der Waals surface area contributed by atoms with Crippen molar-refractivity contribution in [2.45, 2.75) is 13.8 Å². The lowest BCUT2D eigenvalue weighted by atomic mass is 10.3. The van der Waals surface area contributed by atoms with E-state index in [2.05, 4.69) is 4.74 Å². The van der Waals surface area contributed by atoms with Gasteiger partial charge in [0.05, 0.1) is 0 Å². The molecule has 0 aromatic heterocycles. The Morgan fingerprint density at radius 2 is 2.10 bits per heavy atom. The van der Waals surface area contributed by atoms with E-state index < -0.39 is 0 Å². The van der Waals surface area contributed by atoms with Crippen LogP contribution in [0.5, 0.6) is 0 Å². The van der Waals surface area contributed by atoms with Crippen molar-refractivity contribution in [2.24, 2.45) is 0 Å². The fourth-order valence-electron chi connectivity index (χ4n) is 0.380. The van der Waals surface area contributed by atoms with Crippen LogP contribution in [0.25, 0.3) is 0 Å². The molecule has 0 radical (unpaired) electrons. The number of carbonyl (C=O) groups is 2. The summed E-state index contributed by atoms with van der Waals surface area (Å²) in [6.07, 6.45) is 2.03. The number of hydrogen-bond acceptors (Lipinski definition) is 3. The van der Waals surface area contributed by atoms with Crippen molar-refractivity contribution in [1.82, 2.24) is 0 Å². The molecular formula is C7H10O3. The summed E-state index contributed by atoms with van der Waals surface area (Å²) in [6.45, 7) is 3.25. The predicted molar refractivity (Wildman–Crippen MR) is 36.5 cm³/mol. The molecular weight excluding hydrogens is 132 g/mol. The molecule has 10 heavy (non-hydrogen) atoms. The second-order valence-corrected chi connectivity index (χ2v) is 1.93. The lowest BCUT2D eigenvalue weighted by Gasteiger charge is -1.98. The van der Waals surface area contributed by atoms with Crippen molar-refractivity contribution in [2.75, 3.05) is 6.61 Å². The van der Waals surface area contributed by atoms with Gasteiger partial charge in [0, 0.05) is 6.92 Å². The highest BCUT2D eigenvalue weighted by molar-refractivity contribution is 5.67. The van der Waals surface area contributed by atoms with Gasteiger partial charge in [-0.05, 0) is 18.6 Å². The van der Waals surface area contributed by atoms with Crippen molar-refractivity contribution in [1.29, 1.82) is 0 Å². The third kappa shape index (κ3) is 5.03. The molecule has 0 bridgehead atoms. The highest BCUT2D eigenvalue weighted by Crippen LogP contribution is 1.91. The molecule has 0 fully saturated rings. The highest BCUT2D eigenvalue weighted by atomic mass is 16.5. The lowest BCUT2D eigenvalue weighted by molar-refractivity contribution is -0.140. The van der Waals surface area contributed by atoms with Gasteiger partial charge in [0.1, 0.15) is 12.9 Å². The van der Waals surface area contributed by atoms with Gasteiger partial charge in [0.25, 0.3) is 0 Å². The van der Waals surface area contributed by atoms with E-state index in [4.69, 9.17) is 0 Å². The molecule has 3 nitrogen and oxygen atoms in total. The minimum Gasteiger partial charge on any atom is -0.461 e. The summed E-state index contributed by atoms with van der Waals surface area (Å²) in [5, 5.41) is 0. The summed E-state index contributed by atoms with van der Waals surface area (Å²) >= 11 is 0. The van der Waals surface area contributed by atoms with E-state index in [0.717, 1.165) is 5.57 Å². The molecule has 0 aliphatic rings. The molecule has 0 N–H and O–H groups in total. The van der Waals surface area contributed by atoms with Crippen molar-refractivity contribution >= 4 is 12.3 Å². The fourth-order valence-corrected chi connectivity index (χ4v) is 0.380. The molecule has 0 aliphatic heterocycles. The van der Waals surface area contributed by atoms with Crippen molar-refractivity contribution in [3.63, 3.8) is 0 Å². The molecule has 0 unspecified atom stereocenters. The molecule has 0 spiro atoms. The third-order valence-electron chi connectivity index (χ3n) is 0.856. The summed E-state index contributed by atoms with van der Waals surface area (Å²) in [5.41, 5.74) is 0.741. The van der Waals surface area contributed by atoms with Gasteiger partial charge in [-0.2, -0.15) is 0 Å². The first-order valence-corrected chi connectivity index (χ1v) is 2.91. The number of hydrogen-bond donors (Lipinski definition) is 0. The Morgan fingerprint density at radius 1 is 1.50 bits per heavy atom. The van der Waals surface area contributed by atoms with Crippen LogP contribution in [0.3, 0.4) is 0 Å². The molecule has 0 amide bonds. The average Bonchev–Trinajstić information content (AvgIpc) is 1.85. The van der Waals surface area contributed by atoms with Gasteiger partial charge >= 0.3 is 5.97 Å². The molecule has 0 rings (SSSR count). The van der Waals surface area contributed by atoms with Crippen LogP contribution in [0.4, 0.5) is 0 Å². The summed E-state index contributed by atoms with van der Waals surface area (Å²) < 4.78 is 4.59. The molecule has 0 saturated carbocycles. The summed E-state index contributed by atoms with van der Waals surface area (Å²) in [5.74, 6) is -0.335. The first-order valence-electron chi connectivity index (χ1n) is 2.91. The van der Waals surface area contributed by atoms with Gasteiger partial charge < -0.3 is 4.74 Å². The maximum Gasteiger partial charge on any atom is 0.302 e. The van der Waals surface area contributed by atoms with Crippen LogP contribution in [-0.4, -0.2) is 18.9 Å². The van der Waals surface area contributed by atoms with E-state index >= 15 is 0 Å². The topological polar surface area (TPSA) is 43.4 Å². The van der Waals surface area contributed by atoms with E-state index in [1.807, 2.05) is 0 Å². The Morgan fingerprint density at radius 3 is 2.50 bits per heavy atom. The maximum atomic E-state index is 10.2. The zero-order valence-electron chi connectivity index (χ0n) is 6.09. The van der Waals surface area contributed by atoms with E-state index in [1.165, 1.54) is 13.0 Å². The summed E-state index contributed by atoms with van der Waals surface area (Å²) in [7, 11) is 0. The monoisotopic (exact) mass is 142 g/mol. The van der Waals surface area contributed by atoms with E-state index in [1.54, 1.807) is 6.92 Å². The largest absolute Gasteiger partial charge is 0.461 e. The Labute approximate surface area is 59.7 Å². The van der Waals surface area contributed by atoms with Crippen LogP contribution < -0.4 is 0 Å². The number of esters is 1. The highest BCUT2D eigenvalue weighted by Gasteiger charge is 1.92. The van der Waals surface area contributed by atoms with Crippen LogP contribution >= 0.6 is 0 Å². The molecule has 0 atom stereocenters. The second-order valence-electron chi connectivity index (χ2n) is 1.93. The summed E-state index contributed by atoms with van der Waals surface area (Å²) in [6, 6.07) is 0. The predicted octanol–water partition coefficient (Wildman–Crippen LogP) is 0.695. The Hall–Kier alpha value is -1.12. The van der Waals surface area contributed by atoms with Crippen molar-refractivity contribution in [3.05, 3.63) is 11.6 Å². The normalized spacial score (nSPS) is 10.8. The number of aldehydes is 1. The number of allylic oxidation sites excluding steroid dienone is 1. The fraction of sp³-hybridized carbons (Fsp3) is 0.429. The zero-order valence-corrected chi connectivity index (χ0v) is 6.09. The van der Waals surface area contributed by atoms with Crippen LogP contribution in [-0.2, 0) is 14.3 Å². The smallest absolute Gasteiger partial charge is 0.302 e. The van der Waals surface area contributed by atoms with Gasteiger partial charge in [-0.1, -0.05) is 0 Å². The molecule has 0 aromatic rings. The molecule has 0 heterocycles. The molecule has 56 valence electrons. The van der Waals surface area contributed by atoms with Crippen LogP contribution in [0.2, 0.25) is 0 Å². The lowest BCUT2D eigenvalue weighted by Crippen LogP contribution is -2.01. The van der Waals surface area contributed by atoms with Gasteiger partial charge in [-0.3, -0.25) is 9.59 Å². The van der Waals surface area contributed by atoms with E-state index in [-0.39, 0.29) is 12.6 Å². The number of ether oxygens (including phenoxy) is 1. The Bertz CT molecular complexity index is 158. The SMILES string of the molecule is CC(=O)OC/C(C)=C\C=O. The summed E-state index contributed by atoms with van der Waals surface area (Å²) in [4.78, 5) is 20.1. The van der Waals surface area contributed by atoms with Crippen LogP contribution in [0.15, 0.2) is 11.6 Å². The van der Waals surface area contributed by atoms with Gasteiger partial charge in [0.2, 0.25) is 0 Å². The first kappa shape index (κ1) is 8.88. The standard InChI is InChI=1S/C7H10O3/c1-6(3-4-8)5-10-7(2)9/h3-4H,5H2,1-2H3/b6-3-. The molecule has 3 heteroatoms. The second kappa shape index (κ2) is 4.73. The molecule has 0 saturated heterocycles.